The Morgan fingerprint density at radius 3 is 2.15 bits per heavy atom. The summed E-state index contributed by atoms with van der Waals surface area (Å²) < 4.78 is 31.3. The molecule has 3 rings (SSSR count). The maximum absolute atomic E-state index is 10.5. The molecule has 1 aromatic heterocycles. The Bertz CT molecular complexity index is 760. The normalized spacial score (nSPS) is 35.5. The molecule has 2 aliphatic heterocycles. The van der Waals surface area contributed by atoms with Gasteiger partial charge in [0.1, 0.15) is 42.3 Å². The van der Waals surface area contributed by atoms with Gasteiger partial charge in [-0.25, -0.2) is 4.68 Å². The molecular weight excluding hydrogens is 430 g/mol. The maximum Gasteiger partial charge on any atom is 0.115 e. The van der Waals surface area contributed by atoms with Crippen LogP contribution in [0, 0.1) is 0 Å². The molecule has 0 aliphatic carbocycles. The molecule has 0 spiro atoms. The first kappa shape index (κ1) is 26.5. The van der Waals surface area contributed by atoms with E-state index in [0.717, 1.165) is 0 Å². The standard InChI is InChI=1S/C23H41N3O7/c1-13-18(27)20(17(32-13)12-30-22(3,4)5)29-11-15-9-26(25-24-15)10-16-21(33-23(6,7)8)19(28)14(2)31-16/h9,13-14,16-21,27-28H,10-12H2,1-8H3/t13-,14-,16+,17+,18+,19+,20?,21?/m0/s1. The molecule has 10 heteroatoms. The summed E-state index contributed by atoms with van der Waals surface area (Å²) in [5, 5.41) is 29.4. The van der Waals surface area contributed by atoms with Crippen molar-refractivity contribution in [2.24, 2.45) is 0 Å². The van der Waals surface area contributed by atoms with E-state index in [2.05, 4.69) is 10.3 Å². The fourth-order valence-corrected chi connectivity index (χ4v) is 4.07. The topological polar surface area (TPSA) is 117 Å². The number of nitrogens with zero attached hydrogens (tertiary/aromatic N) is 3. The summed E-state index contributed by atoms with van der Waals surface area (Å²) in [5.41, 5.74) is -0.0973. The van der Waals surface area contributed by atoms with Gasteiger partial charge in [-0.3, -0.25) is 0 Å². The van der Waals surface area contributed by atoms with Crippen molar-refractivity contribution >= 4 is 0 Å². The van der Waals surface area contributed by atoms with E-state index in [9.17, 15) is 10.2 Å². The Kier molecular flexibility index (Phi) is 8.20. The van der Waals surface area contributed by atoms with Gasteiger partial charge in [0.2, 0.25) is 0 Å². The highest BCUT2D eigenvalue weighted by molar-refractivity contribution is 4.96. The fraction of sp³-hybridized carbons (Fsp3) is 0.913. The molecular formula is C23H41N3O7. The van der Waals surface area contributed by atoms with Crippen LogP contribution in [0.5, 0.6) is 0 Å². The zero-order valence-corrected chi connectivity index (χ0v) is 21.1. The van der Waals surface area contributed by atoms with Gasteiger partial charge < -0.3 is 33.9 Å². The van der Waals surface area contributed by atoms with E-state index in [1.54, 1.807) is 10.9 Å². The average molecular weight is 472 g/mol. The summed E-state index contributed by atoms with van der Waals surface area (Å²) in [6, 6.07) is 0. The van der Waals surface area contributed by atoms with Crippen molar-refractivity contribution in [2.45, 2.75) is 129 Å². The number of aromatic nitrogens is 3. The predicted octanol–water partition coefficient (Wildman–Crippen LogP) is 1.46. The van der Waals surface area contributed by atoms with E-state index >= 15 is 0 Å². The number of ether oxygens (including phenoxy) is 5. The van der Waals surface area contributed by atoms with Gasteiger partial charge in [-0.15, -0.1) is 5.10 Å². The van der Waals surface area contributed by atoms with Gasteiger partial charge in [0.15, 0.2) is 0 Å². The van der Waals surface area contributed by atoms with E-state index in [4.69, 9.17) is 23.7 Å². The SMILES string of the molecule is C[C@@H]1O[C@H](COC(C)(C)C)C(OCc2cn(C[C@H]3O[C@@H](C)[C@@H](O)C3OC(C)(C)C)nn2)[C@@H]1O. The second-order valence-electron chi connectivity index (χ2n) is 11.1. The molecule has 0 bridgehead atoms. The van der Waals surface area contributed by atoms with Crippen LogP contribution in [0.1, 0.15) is 61.1 Å². The van der Waals surface area contributed by atoms with E-state index in [1.807, 2.05) is 55.4 Å². The second-order valence-corrected chi connectivity index (χ2v) is 11.1. The third-order valence-corrected chi connectivity index (χ3v) is 5.69. The molecule has 2 N–H and O–H groups in total. The van der Waals surface area contributed by atoms with Crippen molar-refractivity contribution in [3.05, 3.63) is 11.9 Å². The number of rotatable bonds is 8. The van der Waals surface area contributed by atoms with Crippen LogP contribution < -0.4 is 0 Å². The highest BCUT2D eigenvalue weighted by Gasteiger charge is 2.45. The molecule has 33 heavy (non-hydrogen) atoms. The van der Waals surface area contributed by atoms with Crippen LogP contribution >= 0.6 is 0 Å². The minimum Gasteiger partial charge on any atom is -0.388 e. The summed E-state index contributed by atoms with van der Waals surface area (Å²) in [4.78, 5) is 0. The zero-order valence-electron chi connectivity index (χ0n) is 21.1. The minimum absolute atomic E-state index is 0.177. The van der Waals surface area contributed by atoms with Crippen molar-refractivity contribution in [1.82, 2.24) is 15.0 Å². The van der Waals surface area contributed by atoms with Gasteiger partial charge in [0.05, 0.1) is 49.4 Å². The molecule has 2 fully saturated rings. The summed E-state index contributed by atoms with van der Waals surface area (Å²) in [6.07, 6.45) is -2.05. The molecule has 2 saturated heterocycles. The Balaban J connectivity index is 1.57. The number of aliphatic hydroxyl groups excluding tert-OH is 2. The molecule has 8 atom stereocenters. The molecule has 0 radical (unpaired) electrons. The van der Waals surface area contributed by atoms with Crippen molar-refractivity contribution in [3.63, 3.8) is 0 Å². The minimum atomic E-state index is -0.751. The summed E-state index contributed by atoms with van der Waals surface area (Å²) in [7, 11) is 0. The first-order chi connectivity index (χ1) is 15.2. The number of aliphatic hydroxyl groups is 2. The number of hydrogen-bond acceptors (Lipinski definition) is 9. The van der Waals surface area contributed by atoms with Crippen LogP contribution in [-0.2, 0) is 36.8 Å². The lowest BCUT2D eigenvalue weighted by molar-refractivity contribution is -0.115. The lowest BCUT2D eigenvalue weighted by atomic mass is 10.1. The maximum atomic E-state index is 10.5. The molecule has 2 aliphatic rings. The molecule has 0 aromatic carbocycles. The summed E-state index contributed by atoms with van der Waals surface area (Å²) >= 11 is 0. The van der Waals surface area contributed by atoms with Gasteiger partial charge >= 0.3 is 0 Å². The smallest absolute Gasteiger partial charge is 0.115 e. The van der Waals surface area contributed by atoms with Crippen molar-refractivity contribution in [1.29, 1.82) is 0 Å². The molecule has 0 amide bonds. The molecule has 3 heterocycles. The Morgan fingerprint density at radius 1 is 0.939 bits per heavy atom. The van der Waals surface area contributed by atoms with E-state index in [0.29, 0.717) is 18.8 Å². The van der Waals surface area contributed by atoms with E-state index in [1.165, 1.54) is 0 Å². The van der Waals surface area contributed by atoms with Crippen LogP contribution in [-0.4, -0.2) is 91.8 Å². The van der Waals surface area contributed by atoms with Gasteiger partial charge in [-0.2, -0.15) is 0 Å². The van der Waals surface area contributed by atoms with E-state index < -0.39 is 30.0 Å². The summed E-state index contributed by atoms with van der Waals surface area (Å²) in [6.45, 7) is 16.3. The van der Waals surface area contributed by atoms with Crippen molar-refractivity contribution in [2.75, 3.05) is 6.61 Å². The molecule has 1 aromatic rings. The highest BCUT2D eigenvalue weighted by Crippen LogP contribution is 2.29. The quantitative estimate of drug-likeness (QED) is 0.581. The molecule has 0 saturated carbocycles. The van der Waals surface area contributed by atoms with Crippen molar-refractivity contribution < 1.29 is 33.9 Å². The Hall–Kier alpha value is -1.14. The van der Waals surface area contributed by atoms with Gasteiger partial charge in [0, 0.05) is 0 Å². The van der Waals surface area contributed by atoms with Crippen LogP contribution in [0.4, 0.5) is 0 Å². The largest absolute Gasteiger partial charge is 0.388 e. The molecule has 190 valence electrons. The summed E-state index contributed by atoms with van der Waals surface area (Å²) in [5.74, 6) is 0. The van der Waals surface area contributed by atoms with Gasteiger partial charge in [-0.05, 0) is 55.4 Å². The lowest BCUT2D eigenvalue weighted by Crippen LogP contribution is -2.41. The fourth-order valence-electron chi connectivity index (χ4n) is 4.07. The second kappa shape index (κ2) is 10.2. The van der Waals surface area contributed by atoms with Crippen LogP contribution in [0.15, 0.2) is 6.20 Å². The highest BCUT2D eigenvalue weighted by atomic mass is 16.6. The first-order valence-corrected chi connectivity index (χ1v) is 11.7. The van der Waals surface area contributed by atoms with Crippen LogP contribution in [0.2, 0.25) is 0 Å². The monoisotopic (exact) mass is 471 g/mol. The molecule has 10 nitrogen and oxygen atoms in total. The predicted molar refractivity (Wildman–Crippen MR) is 120 cm³/mol. The average Bonchev–Trinajstić information content (AvgIpc) is 3.31. The Morgan fingerprint density at radius 2 is 1.55 bits per heavy atom. The van der Waals surface area contributed by atoms with Gasteiger partial charge in [0.25, 0.3) is 0 Å². The number of hydrogen-bond donors (Lipinski definition) is 2. The Labute approximate surface area is 196 Å². The zero-order chi connectivity index (χ0) is 24.6. The van der Waals surface area contributed by atoms with Crippen molar-refractivity contribution in [3.8, 4) is 0 Å². The first-order valence-electron chi connectivity index (χ1n) is 11.7. The lowest BCUT2D eigenvalue weighted by Gasteiger charge is -2.29. The van der Waals surface area contributed by atoms with E-state index in [-0.39, 0.29) is 36.6 Å². The van der Waals surface area contributed by atoms with Crippen LogP contribution in [0.25, 0.3) is 0 Å². The van der Waals surface area contributed by atoms with Crippen LogP contribution in [0.3, 0.4) is 0 Å². The van der Waals surface area contributed by atoms with Gasteiger partial charge in [-0.1, -0.05) is 5.21 Å². The molecule has 2 unspecified atom stereocenters. The third kappa shape index (κ3) is 7.17. The third-order valence-electron chi connectivity index (χ3n) is 5.69.